The molecule has 0 unspecified atom stereocenters. The maximum Gasteiger partial charge on any atom is 0.292 e. The normalized spacial score (nSPS) is 17.6. The lowest BCUT2D eigenvalue weighted by molar-refractivity contribution is -0.384. The van der Waals surface area contributed by atoms with Crippen molar-refractivity contribution in [3.63, 3.8) is 0 Å². The SMILES string of the molecule is CCCC1(O)CN(c2ccccc2[N+](=O)[O-])C1. The summed E-state index contributed by atoms with van der Waals surface area (Å²) in [5.74, 6) is 0. The average Bonchev–Trinajstić information content (AvgIpc) is 2.26. The van der Waals surface area contributed by atoms with Gasteiger partial charge in [0.2, 0.25) is 0 Å². The van der Waals surface area contributed by atoms with Gasteiger partial charge >= 0.3 is 0 Å². The highest BCUT2D eigenvalue weighted by Crippen LogP contribution is 2.36. The molecule has 1 heterocycles. The lowest BCUT2D eigenvalue weighted by Gasteiger charge is -2.47. The largest absolute Gasteiger partial charge is 0.386 e. The van der Waals surface area contributed by atoms with Crippen LogP contribution in [-0.4, -0.2) is 28.7 Å². The van der Waals surface area contributed by atoms with E-state index in [1.54, 1.807) is 18.2 Å². The van der Waals surface area contributed by atoms with Gasteiger partial charge in [-0.25, -0.2) is 0 Å². The molecule has 0 aromatic heterocycles. The van der Waals surface area contributed by atoms with Gasteiger partial charge in [0.1, 0.15) is 5.69 Å². The van der Waals surface area contributed by atoms with Gasteiger partial charge in [0.05, 0.1) is 10.5 Å². The lowest BCUT2D eigenvalue weighted by atomic mass is 9.88. The fraction of sp³-hybridized carbons (Fsp3) is 0.500. The summed E-state index contributed by atoms with van der Waals surface area (Å²) in [7, 11) is 0. The second-order valence-corrected chi connectivity index (χ2v) is 4.58. The van der Waals surface area contributed by atoms with Gasteiger partial charge in [-0.2, -0.15) is 0 Å². The van der Waals surface area contributed by atoms with E-state index in [4.69, 9.17) is 0 Å². The standard InChI is InChI=1S/C12H16N2O3/c1-2-7-12(15)8-13(9-12)10-5-3-4-6-11(10)14(16)17/h3-6,15H,2,7-9H2,1H3. The van der Waals surface area contributed by atoms with Crippen LogP contribution in [0.1, 0.15) is 19.8 Å². The number of hydrogen-bond donors (Lipinski definition) is 1. The fourth-order valence-corrected chi connectivity index (χ4v) is 2.34. The second-order valence-electron chi connectivity index (χ2n) is 4.58. The summed E-state index contributed by atoms with van der Waals surface area (Å²) < 4.78 is 0. The number of aliphatic hydroxyl groups is 1. The summed E-state index contributed by atoms with van der Waals surface area (Å²) in [6.07, 6.45) is 1.66. The van der Waals surface area contributed by atoms with Gasteiger partial charge in [0.15, 0.2) is 0 Å². The van der Waals surface area contributed by atoms with Crippen LogP contribution in [0.4, 0.5) is 11.4 Å². The Balaban J connectivity index is 2.14. The Morgan fingerprint density at radius 1 is 1.47 bits per heavy atom. The third-order valence-electron chi connectivity index (χ3n) is 3.10. The van der Waals surface area contributed by atoms with Gasteiger partial charge < -0.3 is 10.0 Å². The smallest absolute Gasteiger partial charge is 0.292 e. The van der Waals surface area contributed by atoms with Gasteiger partial charge in [-0.15, -0.1) is 0 Å². The Morgan fingerprint density at radius 3 is 2.71 bits per heavy atom. The molecule has 0 bridgehead atoms. The van der Waals surface area contributed by atoms with Crippen molar-refractivity contribution >= 4 is 11.4 Å². The quantitative estimate of drug-likeness (QED) is 0.641. The summed E-state index contributed by atoms with van der Waals surface area (Å²) in [6.45, 7) is 2.98. The molecule has 0 saturated carbocycles. The highest BCUT2D eigenvalue weighted by Gasteiger charge is 2.42. The van der Waals surface area contributed by atoms with Crippen molar-refractivity contribution in [1.82, 2.24) is 0 Å². The summed E-state index contributed by atoms with van der Waals surface area (Å²) in [4.78, 5) is 12.3. The van der Waals surface area contributed by atoms with E-state index >= 15 is 0 Å². The van der Waals surface area contributed by atoms with Crippen LogP contribution in [-0.2, 0) is 0 Å². The molecule has 1 aliphatic rings. The van der Waals surface area contributed by atoms with Crippen LogP contribution in [0.2, 0.25) is 0 Å². The maximum atomic E-state index is 10.9. The van der Waals surface area contributed by atoms with Crippen molar-refractivity contribution in [2.45, 2.75) is 25.4 Å². The predicted octanol–water partition coefficient (Wildman–Crippen LogP) is 1.95. The zero-order valence-corrected chi connectivity index (χ0v) is 9.80. The molecule has 5 nitrogen and oxygen atoms in total. The maximum absolute atomic E-state index is 10.9. The van der Waals surface area contributed by atoms with Crippen molar-refractivity contribution in [2.75, 3.05) is 18.0 Å². The number of nitro benzene ring substituents is 1. The first-order valence-corrected chi connectivity index (χ1v) is 5.76. The van der Waals surface area contributed by atoms with Crippen LogP contribution < -0.4 is 4.90 Å². The Kier molecular flexibility index (Phi) is 3.02. The number of para-hydroxylation sites is 2. The molecule has 1 aromatic carbocycles. The zero-order chi connectivity index (χ0) is 12.5. The molecule has 1 fully saturated rings. The number of nitro groups is 1. The molecule has 0 aliphatic carbocycles. The van der Waals surface area contributed by atoms with E-state index < -0.39 is 5.60 Å². The highest BCUT2D eigenvalue weighted by molar-refractivity contribution is 5.65. The van der Waals surface area contributed by atoms with Gasteiger partial charge in [0, 0.05) is 19.2 Å². The van der Waals surface area contributed by atoms with E-state index in [-0.39, 0.29) is 10.6 Å². The van der Waals surface area contributed by atoms with E-state index in [1.807, 2.05) is 11.8 Å². The molecule has 17 heavy (non-hydrogen) atoms. The molecule has 92 valence electrons. The first-order valence-electron chi connectivity index (χ1n) is 5.76. The molecule has 2 rings (SSSR count). The summed E-state index contributed by atoms with van der Waals surface area (Å²) >= 11 is 0. The molecule has 1 N–H and O–H groups in total. The number of anilines is 1. The monoisotopic (exact) mass is 236 g/mol. The van der Waals surface area contributed by atoms with Crippen molar-refractivity contribution in [3.8, 4) is 0 Å². The first-order chi connectivity index (χ1) is 8.06. The summed E-state index contributed by atoms with van der Waals surface area (Å²) in [5.41, 5.74) is 0.0303. The molecule has 1 aliphatic heterocycles. The van der Waals surface area contributed by atoms with Gasteiger partial charge in [-0.3, -0.25) is 10.1 Å². The van der Waals surface area contributed by atoms with Gasteiger partial charge in [0.25, 0.3) is 5.69 Å². The topological polar surface area (TPSA) is 66.6 Å². The van der Waals surface area contributed by atoms with E-state index in [0.29, 0.717) is 18.8 Å². The minimum absolute atomic E-state index is 0.103. The van der Waals surface area contributed by atoms with Gasteiger partial charge in [-0.1, -0.05) is 25.5 Å². The second kappa shape index (κ2) is 4.33. The third kappa shape index (κ3) is 2.24. The molecule has 1 aromatic rings. The Hall–Kier alpha value is -1.62. The highest BCUT2D eigenvalue weighted by atomic mass is 16.6. The number of hydrogen-bond acceptors (Lipinski definition) is 4. The van der Waals surface area contributed by atoms with Gasteiger partial charge in [-0.05, 0) is 12.5 Å². The molecule has 0 amide bonds. The third-order valence-corrected chi connectivity index (χ3v) is 3.10. The minimum Gasteiger partial charge on any atom is -0.386 e. The molecular weight excluding hydrogens is 220 g/mol. The Morgan fingerprint density at radius 2 is 2.12 bits per heavy atom. The van der Waals surface area contributed by atoms with Crippen LogP contribution in [0, 0.1) is 10.1 Å². The van der Waals surface area contributed by atoms with Crippen LogP contribution in [0.3, 0.4) is 0 Å². The molecule has 0 spiro atoms. The molecule has 1 saturated heterocycles. The Bertz CT molecular complexity index is 428. The van der Waals surface area contributed by atoms with E-state index in [9.17, 15) is 15.2 Å². The van der Waals surface area contributed by atoms with Crippen molar-refractivity contribution < 1.29 is 10.0 Å². The number of nitrogens with zero attached hydrogens (tertiary/aromatic N) is 2. The van der Waals surface area contributed by atoms with Crippen LogP contribution >= 0.6 is 0 Å². The van der Waals surface area contributed by atoms with Crippen molar-refractivity contribution in [1.29, 1.82) is 0 Å². The predicted molar refractivity (Wildman–Crippen MR) is 65.2 cm³/mol. The molecule has 5 heteroatoms. The summed E-state index contributed by atoms with van der Waals surface area (Å²) in [6, 6.07) is 6.65. The number of β-amino-alcohol motifs (C(OH)–C–C–N with tert-alkyl or cyclic N) is 1. The Labute approximate surface area is 99.8 Å². The average molecular weight is 236 g/mol. The van der Waals surface area contributed by atoms with E-state index in [1.165, 1.54) is 6.07 Å². The van der Waals surface area contributed by atoms with E-state index in [2.05, 4.69) is 0 Å². The fourth-order valence-electron chi connectivity index (χ4n) is 2.34. The van der Waals surface area contributed by atoms with Crippen LogP contribution in [0.15, 0.2) is 24.3 Å². The molecule has 0 radical (unpaired) electrons. The van der Waals surface area contributed by atoms with Crippen LogP contribution in [0.5, 0.6) is 0 Å². The lowest BCUT2D eigenvalue weighted by Crippen LogP contribution is -2.62. The van der Waals surface area contributed by atoms with Crippen molar-refractivity contribution in [3.05, 3.63) is 34.4 Å². The zero-order valence-electron chi connectivity index (χ0n) is 9.80. The summed E-state index contributed by atoms with van der Waals surface area (Å²) in [5, 5.41) is 20.9. The number of rotatable bonds is 4. The minimum atomic E-state index is -0.668. The van der Waals surface area contributed by atoms with Crippen molar-refractivity contribution in [2.24, 2.45) is 0 Å². The molecule has 0 atom stereocenters. The first kappa shape index (κ1) is 11.9. The molecular formula is C12H16N2O3. The van der Waals surface area contributed by atoms with E-state index in [0.717, 1.165) is 12.8 Å². The van der Waals surface area contributed by atoms with Crippen LogP contribution in [0.25, 0.3) is 0 Å². The number of benzene rings is 1.